The zero-order valence-corrected chi connectivity index (χ0v) is 9.21. The van der Waals surface area contributed by atoms with Gasteiger partial charge in [0.1, 0.15) is 0 Å². The van der Waals surface area contributed by atoms with Gasteiger partial charge in [-0.1, -0.05) is 0 Å². The summed E-state index contributed by atoms with van der Waals surface area (Å²) in [6.07, 6.45) is 7.35. The Kier molecular flexibility index (Phi) is 2.29. The lowest BCUT2D eigenvalue weighted by Crippen LogP contribution is -2.42. The van der Waals surface area contributed by atoms with Crippen LogP contribution in [0.2, 0.25) is 0 Å². The lowest BCUT2D eigenvalue weighted by molar-refractivity contribution is 0.345. The molecule has 3 aliphatic rings. The molecule has 14 heavy (non-hydrogen) atoms. The first-order chi connectivity index (χ1) is 6.83. The molecule has 0 aromatic carbocycles. The smallest absolute Gasteiger partial charge is 0.0209 e. The standard InChI is InChI=1S/C12H22N2/c1-14-7-6-11(8-14)13-12(9-2-3-9)10-4-5-10/h9-13H,2-8H2,1H3/t11-/m0/s1. The number of hydrogen-bond acceptors (Lipinski definition) is 2. The molecule has 1 atom stereocenters. The van der Waals surface area contributed by atoms with E-state index in [9.17, 15) is 0 Å². The van der Waals surface area contributed by atoms with Gasteiger partial charge in [-0.25, -0.2) is 0 Å². The molecule has 0 radical (unpaired) electrons. The summed E-state index contributed by atoms with van der Waals surface area (Å²) in [4.78, 5) is 2.45. The van der Waals surface area contributed by atoms with Gasteiger partial charge in [0.05, 0.1) is 0 Å². The Balaban J connectivity index is 1.53. The number of hydrogen-bond donors (Lipinski definition) is 1. The molecule has 3 rings (SSSR count). The SMILES string of the molecule is CN1CC[C@H](NC(C2CC2)C2CC2)C1. The van der Waals surface area contributed by atoms with Crippen LogP contribution in [0.15, 0.2) is 0 Å². The van der Waals surface area contributed by atoms with Crippen LogP contribution in [0.4, 0.5) is 0 Å². The minimum absolute atomic E-state index is 0.797. The third-order valence-electron chi connectivity index (χ3n) is 4.08. The summed E-state index contributed by atoms with van der Waals surface area (Å²) in [5.74, 6) is 2.10. The first-order valence-corrected chi connectivity index (χ1v) is 6.27. The second-order valence-electron chi connectivity index (χ2n) is 5.62. The summed E-state index contributed by atoms with van der Waals surface area (Å²) in [7, 11) is 2.24. The minimum Gasteiger partial charge on any atom is -0.309 e. The minimum atomic E-state index is 0.797. The molecule has 2 saturated carbocycles. The Morgan fingerprint density at radius 3 is 2.14 bits per heavy atom. The van der Waals surface area contributed by atoms with E-state index in [1.807, 2.05) is 0 Å². The zero-order chi connectivity index (χ0) is 9.54. The van der Waals surface area contributed by atoms with Crippen LogP contribution in [0, 0.1) is 11.8 Å². The van der Waals surface area contributed by atoms with E-state index in [0.29, 0.717) is 0 Å². The molecule has 2 nitrogen and oxygen atoms in total. The molecular weight excluding hydrogens is 172 g/mol. The maximum Gasteiger partial charge on any atom is 0.0209 e. The van der Waals surface area contributed by atoms with Crippen molar-refractivity contribution >= 4 is 0 Å². The molecule has 1 N–H and O–H groups in total. The molecule has 0 aromatic heterocycles. The molecule has 0 spiro atoms. The largest absolute Gasteiger partial charge is 0.309 e. The second-order valence-corrected chi connectivity index (χ2v) is 5.62. The number of likely N-dealkylation sites (tertiary alicyclic amines) is 1. The molecule has 1 heterocycles. The summed E-state index contributed by atoms with van der Waals surface area (Å²) in [6.45, 7) is 2.57. The molecular formula is C12H22N2. The molecule has 1 aliphatic heterocycles. The summed E-state index contributed by atoms with van der Waals surface area (Å²) >= 11 is 0. The molecule has 2 heteroatoms. The molecule has 3 fully saturated rings. The van der Waals surface area contributed by atoms with Crippen LogP contribution < -0.4 is 5.32 Å². The van der Waals surface area contributed by atoms with Gasteiger partial charge in [0, 0.05) is 18.6 Å². The quantitative estimate of drug-likeness (QED) is 0.729. The maximum atomic E-state index is 3.93. The molecule has 80 valence electrons. The van der Waals surface area contributed by atoms with Crippen molar-refractivity contribution < 1.29 is 0 Å². The highest BCUT2D eigenvalue weighted by molar-refractivity contribution is 4.98. The van der Waals surface area contributed by atoms with Crippen molar-refractivity contribution in [1.29, 1.82) is 0 Å². The highest BCUT2D eigenvalue weighted by atomic mass is 15.2. The van der Waals surface area contributed by atoms with E-state index in [-0.39, 0.29) is 0 Å². The topological polar surface area (TPSA) is 15.3 Å². The van der Waals surface area contributed by atoms with E-state index in [2.05, 4.69) is 17.3 Å². The predicted molar refractivity (Wildman–Crippen MR) is 58.3 cm³/mol. The summed E-state index contributed by atoms with van der Waals surface area (Å²) in [5, 5.41) is 3.93. The fraction of sp³-hybridized carbons (Fsp3) is 1.00. The monoisotopic (exact) mass is 194 g/mol. The summed E-state index contributed by atoms with van der Waals surface area (Å²) in [5.41, 5.74) is 0. The molecule has 0 amide bonds. The average Bonchev–Trinajstić information content (AvgIpc) is 3.04. The van der Waals surface area contributed by atoms with Crippen LogP contribution in [0.25, 0.3) is 0 Å². The van der Waals surface area contributed by atoms with E-state index in [4.69, 9.17) is 0 Å². The predicted octanol–water partition coefficient (Wildman–Crippen LogP) is 1.47. The molecule has 0 bridgehead atoms. The van der Waals surface area contributed by atoms with Crippen LogP contribution in [-0.4, -0.2) is 37.1 Å². The van der Waals surface area contributed by atoms with Crippen molar-refractivity contribution in [2.24, 2.45) is 11.8 Å². The number of nitrogens with zero attached hydrogens (tertiary/aromatic N) is 1. The van der Waals surface area contributed by atoms with Crippen molar-refractivity contribution in [2.75, 3.05) is 20.1 Å². The van der Waals surface area contributed by atoms with Crippen LogP contribution in [-0.2, 0) is 0 Å². The first kappa shape index (κ1) is 9.17. The first-order valence-electron chi connectivity index (χ1n) is 6.27. The van der Waals surface area contributed by atoms with Gasteiger partial charge >= 0.3 is 0 Å². The van der Waals surface area contributed by atoms with Gasteiger partial charge < -0.3 is 10.2 Å². The Morgan fingerprint density at radius 1 is 1.07 bits per heavy atom. The van der Waals surface area contributed by atoms with E-state index in [1.54, 1.807) is 0 Å². The van der Waals surface area contributed by atoms with Crippen LogP contribution in [0.1, 0.15) is 32.1 Å². The van der Waals surface area contributed by atoms with Gasteiger partial charge in [-0.05, 0) is 57.5 Å². The molecule has 1 saturated heterocycles. The fourth-order valence-corrected chi connectivity index (χ4v) is 2.91. The molecule has 2 aliphatic carbocycles. The zero-order valence-electron chi connectivity index (χ0n) is 9.21. The molecule has 0 unspecified atom stereocenters. The number of likely N-dealkylation sites (N-methyl/N-ethyl adjacent to an activating group) is 1. The van der Waals surface area contributed by atoms with Crippen LogP contribution >= 0.6 is 0 Å². The van der Waals surface area contributed by atoms with E-state index in [0.717, 1.165) is 23.9 Å². The van der Waals surface area contributed by atoms with Gasteiger partial charge in [-0.3, -0.25) is 0 Å². The molecule has 0 aromatic rings. The van der Waals surface area contributed by atoms with E-state index in [1.165, 1.54) is 45.2 Å². The van der Waals surface area contributed by atoms with Crippen molar-refractivity contribution in [1.82, 2.24) is 10.2 Å². The highest BCUT2D eigenvalue weighted by Crippen LogP contribution is 2.44. The van der Waals surface area contributed by atoms with Crippen molar-refractivity contribution in [2.45, 2.75) is 44.2 Å². The lowest BCUT2D eigenvalue weighted by atomic mass is 10.1. The van der Waals surface area contributed by atoms with Crippen LogP contribution in [0.5, 0.6) is 0 Å². The Labute approximate surface area is 87.0 Å². The second kappa shape index (κ2) is 3.49. The van der Waals surface area contributed by atoms with Gasteiger partial charge in [0.25, 0.3) is 0 Å². The normalized spacial score (nSPS) is 34.3. The lowest BCUT2D eigenvalue weighted by Gasteiger charge is -2.22. The van der Waals surface area contributed by atoms with Crippen molar-refractivity contribution in [3.8, 4) is 0 Å². The van der Waals surface area contributed by atoms with E-state index < -0.39 is 0 Å². The number of rotatable bonds is 4. The van der Waals surface area contributed by atoms with Gasteiger partial charge in [0.2, 0.25) is 0 Å². The van der Waals surface area contributed by atoms with Crippen molar-refractivity contribution in [3.05, 3.63) is 0 Å². The number of nitrogens with one attached hydrogen (secondary N) is 1. The summed E-state index contributed by atoms with van der Waals surface area (Å²) in [6, 6.07) is 1.69. The Bertz CT molecular complexity index is 196. The van der Waals surface area contributed by atoms with Crippen molar-refractivity contribution in [3.63, 3.8) is 0 Å². The third-order valence-corrected chi connectivity index (χ3v) is 4.08. The van der Waals surface area contributed by atoms with Gasteiger partial charge in [-0.15, -0.1) is 0 Å². The Morgan fingerprint density at radius 2 is 1.71 bits per heavy atom. The van der Waals surface area contributed by atoms with E-state index >= 15 is 0 Å². The third kappa shape index (κ3) is 1.96. The van der Waals surface area contributed by atoms with Gasteiger partial charge in [0.15, 0.2) is 0 Å². The van der Waals surface area contributed by atoms with Crippen LogP contribution in [0.3, 0.4) is 0 Å². The Hall–Kier alpha value is -0.0800. The van der Waals surface area contributed by atoms with Gasteiger partial charge in [-0.2, -0.15) is 0 Å². The average molecular weight is 194 g/mol. The summed E-state index contributed by atoms with van der Waals surface area (Å²) < 4.78 is 0. The fourth-order valence-electron chi connectivity index (χ4n) is 2.91. The highest BCUT2D eigenvalue weighted by Gasteiger charge is 2.42. The maximum absolute atomic E-state index is 3.93.